The van der Waals surface area contributed by atoms with E-state index in [1.807, 2.05) is 0 Å². The minimum absolute atomic E-state index is 0.0541. The monoisotopic (exact) mass is 182 g/mol. The van der Waals surface area contributed by atoms with Gasteiger partial charge in [-0.2, -0.15) is 5.26 Å². The van der Waals surface area contributed by atoms with Crippen molar-refractivity contribution in [2.75, 3.05) is 0 Å². The van der Waals surface area contributed by atoms with Crippen LogP contribution in [0.4, 0.5) is 0 Å². The number of hydrogen-bond acceptors (Lipinski definition) is 3. The molecule has 2 atom stereocenters. The molecule has 3 nitrogen and oxygen atoms in total. The Balaban J connectivity index is 2.44. The maximum Gasteiger partial charge on any atom is 0.109 e. The Hall–Kier alpha value is -0.590. The molecule has 0 radical (unpaired) electrons. The smallest absolute Gasteiger partial charge is 0.109 e. The molecule has 0 amide bonds. The Morgan fingerprint density at radius 3 is 2.85 bits per heavy atom. The summed E-state index contributed by atoms with van der Waals surface area (Å²) in [6.07, 6.45) is 2.71. The number of hydrogen-bond donors (Lipinski definition) is 1. The molecule has 0 saturated carbocycles. The fourth-order valence-electron chi connectivity index (χ4n) is 1.91. The summed E-state index contributed by atoms with van der Waals surface area (Å²) in [5, 5.41) is 11.8. The van der Waals surface area contributed by atoms with Crippen molar-refractivity contribution in [2.24, 2.45) is 0 Å². The van der Waals surface area contributed by atoms with Gasteiger partial charge in [0.15, 0.2) is 0 Å². The molecule has 13 heavy (non-hydrogen) atoms. The molecule has 1 heterocycles. The van der Waals surface area contributed by atoms with E-state index in [1.54, 1.807) is 0 Å². The predicted octanol–water partition coefficient (Wildman–Crippen LogP) is 1.79. The number of nitrogens with one attached hydrogen (secondary N) is 1. The van der Waals surface area contributed by atoms with E-state index < -0.39 is 0 Å². The van der Waals surface area contributed by atoms with Crippen LogP contribution in [0.15, 0.2) is 0 Å². The summed E-state index contributed by atoms with van der Waals surface area (Å²) in [6.45, 7) is 6.43. The number of rotatable bonds is 2. The molecule has 1 rings (SSSR count). The van der Waals surface area contributed by atoms with E-state index >= 15 is 0 Å². The molecular formula is C10H18N2O. The lowest BCUT2D eigenvalue weighted by molar-refractivity contribution is -0.0893. The van der Waals surface area contributed by atoms with Gasteiger partial charge in [0, 0.05) is 12.0 Å². The SMILES string of the molecule is CC1CC(C)(C)NC(CCC#N)O1. The van der Waals surface area contributed by atoms with E-state index in [4.69, 9.17) is 10.00 Å². The summed E-state index contributed by atoms with van der Waals surface area (Å²) in [7, 11) is 0. The van der Waals surface area contributed by atoms with Crippen molar-refractivity contribution in [3.05, 3.63) is 0 Å². The molecule has 1 N–H and O–H groups in total. The van der Waals surface area contributed by atoms with E-state index in [1.165, 1.54) is 0 Å². The quantitative estimate of drug-likeness (QED) is 0.708. The van der Waals surface area contributed by atoms with Gasteiger partial charge in [-0.05, 0) is 33.6 Å². The highest BCUT2D eigenvalue weighted by Crippen LogP contribution is 2.22. The molecule has 0 aliphatic carbocycles. The van der Waals surface area contributed by atoms with Crippen LogP contribution in [-0.2, 0) is 4.74 Å². The molecule has 74 valence electrons. The van der Waals surface area contributed by atoms with Crippen LogP contribution in [0.1, 0.15) is 40.0 Å². The third-order valence-electron chi connectivity index (χ3n) is 2.26. The van der Waals surface area contributed by atoms with Crippen LogP contribution >= 0.6 is 0 Å². The molecule has 0 aromatic rings. The molecule has 3 heteroatoms. The van der Waals surface area contributed by atoms with Crippen LogP contribution in [0.2, 0.25) is 0 Å². The second kappa shape index (κ2) is 4.08. The van der Waals surface area contributed by atoms with Gasteiger partial charge in [-0.3, -0.25) is 5.32 Å². The first kappa shape index (κ1) is 10.5. The maximum absolute atomic E-state index is 8.46. The normalized spacial score (nSPS) is 32.5. The minimum atomic E-state index is 0.0541. The summed E-state index contributed by atoms with van der Waals surface area (Å²) in [6, 6.07) is 2.14. The Bertz CT molecular complexity index is 207. The molecule has 1 aliphatic rings. The number of nitriles is 1. The van der Waals surface area contributed by atoms with Crippen LogP contribution in [-0.4, -0.2) is 17.9 Å². The van der Waals surface area contributed by atoms with Crippen molar-refractivity contribution in [3.8, 4) is 6.07 Å². The lowest BCUT2D eigenvalue weighted by atomic mass is 9.95. The van der Waals surface area contributed by atoms with Crippen molar-refractivity contribution in [2.45, 2.75) is 57.9 Å². The molecular weight excluding hydrogens is 164 g/mol. The molecule has 0 aromatic carbocycles. The van der Waals surface area contributed by atoms with Gasteiger partial charge >= 0.3 is 0 Å². The summed E-state index contributed by atoms with van der Waals surface area (Å²) >= 11 is 0. The molecule has 0 spiro atoms. The first-order chi connectivity index (χ1) is 6.03. The zero-order valence-corrected chi connectivity index (χ0v) is 8.63. The van der Waals surface area contributed by atoms with E-state index in [9.17, 15) is 0 Å². The number of ether oxygens (including phenoxy) is 1. The minimum Gasteiger partial charge on any atom is -0.360 e. The molecule has 0 bridgehead atoms. The van der Waals surface area contributed by atoms with E-state index in [0.29, 0.717) is 12.5 Å². The summed E-state index contributed by atoms with van der Waals surface area (Å²) in [4.78, 5) is 0. The van der Waals surface area contributed by atoms with Gasteiger partial charge < -0.3 is 4.74 Å². The second-order valence-electron chi connectivity index (χ2n) is 4.36. The van der Waals surface area contributed by atoms with Crippen molar-refractivity contribution in [1.82, 2.24) is 5.32 Å². The van der Waals surface area contributed by atoms with Gasteiger partial charge in [0.2, 0.25) is 0 Å². The fourth-order valence-corrected chi connectivity index (χ4v) is 1.91. The van der Waals surface area contributed by atoms with Crippen LogP contribution < -0.4 is 5.32 Å². The molecule has 1 fully saturated rings. The van der Waals surface area contributed by atoms with Crippen molar-refractivity contribution in [1.29, 1.82) is 5.26 Å². The highest BCUT2D eigenvalue weighted by atomic mass is 16.5. The second-order valence-corrected chi connectivity index (χ2v) is 4.36. The van der Waals surface area contributed by atoms with Crippen LogP contribution in [0.3, 0.4) is 0 Å². The topological polar surface area (TPSA) is 45.0 Å². The Kier molecular flexibility index (Phi) is 3.29. The van der Waals surface area contributed by atoms with Crippen molar-refractivity contribution in [3.63, 3.8) is 0 Å². The highest BCUT2D eigenvalue weighted by Gasteiger charge is 2.31. The lowest BCUT2D eigenvalue weighted by Gasteiger charge is -2.40. The highest BCUT2D eigenvalue weighted by molar-refractivity contribution is 4.87. The van der Waals surface area contributed by atoms with Crippen molar-refractivity contribution >= 4 is 0 Å². The fraction of sp³-hybridized carbons (Fsp3) is 0.900. The van der Waals surface area contributed by atoms with Gasteiger partial charge in [-0.25, -0.2) is 0 Å². The largest absolute Gasteiger partial charge is 0.360 e. The Morgan fingerprint density at radius 2 is 2.31 bits per heavy atom. The molecule has 1 aliphatic heterocycles. The van der Waals surface area contributed by atoms with E-state index in [-0.39, 0.29) is 11.8 Å². The zero-order valence-electron chi connectivity index (χ0n) is 8.63. The van der Waals surface area contributed by atoms with Crippen LogP contribution in [0.5, 0.6) is 0 Å². The average molecular weight is 182 g/mol. The Labute approximate surface area is 80.1 Å². The molecule has 1 saturated heterocycles. The molecule has 2 unspecified atom stereocenters. The third kappa shape index (κ3) is 3.33. The Morgan fingerprint density at radius 1 is 1.62 bits per heavy atom. The van der Waals surface area contributed by atoms with Gasteiger partial charge in [0.05, 0.1) is 12.2 Å². The van der Waals surface area contributed by atoms with Gasteiger partial charge in [-0.15, -0.1) is 0 Å². The summed E-state index contributed by atoms with van der Waals surface area (Å²) in [5.41, 5.74) is 0.137. The van der Waals surface area contributed by atoms with Crippen molar-refractivity contribution < 1.29 is 4.74 Å². The lowest BCUT2D eigenvalue weighted by Crippen LogP contribution is -2.54. The first-order valence-electron chi connectivity index (χ1n) is 4.83. The number of nitrogens with zero attached hydrogens (tertiary/aromatic N) is 1. The van der Waals surface area contributed by atoms with E-state index in [0.717, 1.165) is 12.8 Å². The van der Waals surface area contributed by atoms with Gasteiger partial charge in [0.1, 0.15) is 6.23 Å². The zero-order chi connectivity index (χ0) is 9.90. The van der Waals surface area contributed by atoms with E-state index in [2.05, 4.69) is 32.2 Å². The summed E-state index contributed by atoms with van der Waals surface area (Å²) < 4.78 is 5.66. The van der Waals surface area contributed by atoms with Gasteiger partial charge in [-0.1, -0.05) is 0 Å². The van der Waals surface area contributed by atoms with Gasteiger partial charge in [0.25, 0.3) is 0 Å². The maximum atomic E-state index is 8.46. The standard InChI is InChI=1S/C10H18N2O/c1-8-7-10(2,3)12-9(13-8)5-4-6-11/h8-9,12H,4-5,7H2,1-3H3. The summed E-state index contributed by atoms with van der Waals surface area (Å²) in [5.74, 6) is 0. The van der Waals surface area contributed by atoms with Crippen LogP contribution in [0.25, 0.3) is 0 Å². The average Bonchev–Trinajstić information content (AvgIpc) is 1.97. The first-order valence-corrected chi connectivity index (χ1v) is 4.83. The predicted molar refractivity (Wildman–Crippen MR) is 51.0 cm³/mol. The van der Waals surface area contributed by atoms with Crippen LogP contribution in [0, 0.1) is 11.3 Å². The molecule has 0 aromatic heterocycles. The third-order valence-corrected chi connectivity index (χ3v) is 2.26.